The summed E-state index contributed by atoms with van der Waals surface area (Å²) in [6.45, 7) is 3.70. The van der Waals surface area contributed by atoms with Crippen molar-refractivity contribution in [2.24, 2.45) is 14.1 Å². The molecule has 0 radical (unpaired) electrons. The Morgan fingerprint density at radius 3 is 1.41 bits per heavy atom. The van der Waals surface area contributed by atoms with Crippen LogP contribution in [0.5, 0.6) is 0 Å². The number of hydrogen-bond acceptors (Lipinski definition) is 0. The average molecular weight is 368 g/mol. The van der Waals surface area contributed by atoms with Gasteiger partial charge < -0.3 is 0 Å². The predicted molar refractivity (Wildman–Crippen MR) is 95.9 cm³/mol. The molecule has 0 aliphatic rings. The van der Waals surface area contributed by atoms with Gasteiger partial charge in [-0.1, -0.05) is 0 Å². The van der Waals surface area contributed by atoms with Gasteiger partial charge in [-0.2, -0.15) is 18.3 Å². The fourth-order valence-corrected chi connectivity index (χ4v) is 3.29. The lowest BCUT2D eigenvalue weighted by Gasteiger charge is -1.96. The zero-order valence-electron chi connectivity index (χ0n) is 16.0. The quantitative estimate of drug-likeness (QED) is 0.366. The topological polar surface area (TPSA) is 35.2 Å². The van der Waals surface area contributed by atoms with Crippen molar-refractivity contribution in [3.8, 4) is 0 Å². The van der Waals surface area contributed by atoms with Crippen molar-refractivity contribution < 1.29 is 18.3 Å². The van der Waals surface area contributed by atoms with Crippen LogP contribution < -0.4 is 18.3 Å². The fraction of sp³-hybridized carbons (Fsp3) is 0.368. The molecule has 4 rings (SSSR count). The van der Waals surface area contributed by atoms with Crippen LogP contribution in [0.1, 0.15) is 6.42 Å². The van der Waals surface area contributed by atoms with Crippen molar-refractivity contribution in [2.45, 2.75) is 32.8 Å². The first-order valence-corrected chi connectivity index (χ1v) is 9.26. The summed E-state index contributed by atoms with van der Waals surface area (Å²) < 4.78 is 17.3. The fourth-order valence-electron chi connectivity index (χ4n) is 3.29. The maximum absolute atomic E-state index is 2.25. The zero-order valence-corrected chi connectivity index (χ0v) is 16.0. The molecule has 4 aromatic rings. The van der Waals surface area contributed by atoms with E-state index in [9.17, 15) is 0 Å². The van der Waals surface area contributed by atoms with E-state index in [4.69, 9.17) is 0 Å². The summed E-state index contributed by atoms with van der Waals surface area (Å²) in [7, 11) is 4.08. The Hall–Kier alpha value is -3.16. The standard InChI is InChI=1S/C19H28N8/c1-20-6-8-24(14-20)18-26-12-10-22(16-26)4-3-5-23-11-13-27(17-23)19-25-9-7-21(2)15-25/h6-17H,3-5,18-19H2,1-2H3/q+4. The summed E-state index contributed by atoms with van der Waals surface area (Å²) in [5.74, 6) is 0. The Morgan fingerprint density at radius 2 is 1.00 bits per heavy atom. The van der Waals surface area contributed by atoms with E-state index in [1.807, 2.05) is 14.1 Å². The van der Waals surface area contributed by atoms with Gasteiger partial charge in [-0.3, -0.25) is 0 Å². The van der Waals surface area contributed by atoms with E-state index in [2.05, 4.69) is 111 Å². The highest BCUT2D eigenvalue weighted by Crippen LogP contribution is 1.95. The lowest BCUT2D eigenvalue weighted by atomic mass is 10.4. The Kier molecular flexibility index (Phi) is 4.86. The van der Waals surface area contributed by atoms with Crippen LogP contribution >= 0.6 is 0 Å². The first kappa shape index (κ1) is 17.3. The van der Waals surface area contributed by atoms with Crippen LogP contribution in [-0.4, -0.2) is 18.3 Å². The van der Waals surface area contributed by atoms with E-state index in [1.165, 1.54) is 0 Å². The van der Waals surface area contributed by atoms with E-state index >= 15 is 0 Å². The highest BCUT2D eigenvalue weighted by Gasteiger charge is 2.10. The van der Waals surface area contributed by atoms with E-state index < -0.39 is 0 Å². The van der Waals surface area contributed by atoms with Gasteiger partial charge in [-0.05, 0) is 0 Å². The Bertz CT molecular complexity index is 922. The lowest BCUT2D eigenvalue weighted by molar-refractivity contribution is -0.706. The monoisotopic (exact) mass is 368 g/mol. The summed E-state index contributed by atoms with van der Waals surface area (Å²) in [4.78, 5) is 0. The third-order valence-electron chi connectivity index (χ3n) is 4.63. The molecule has 0 unspecified atom stereocenters. The zero-order chi connectivity index (χ0) is 18.6. The smallest absolute Gasteiger partial charge is 0.239 e. The second-order valence-electron chi connectivity index (χ2n) is 7.15. The van der Waals surface area contributed by atoms with Gasteiger partial charge in [0.15, 0.2) is 0 Å². The summed E-state index contributed by atoms with van der Waals surface area (Å²) in [6, 6.07) is 0. The first-order valence-electron chi connectivity index (χ1n) is 9.26. The van der Waals surface area contributed by atoms with E-state index in [0.717, 1.165) is 32.8 Å². The molecule has 27 heavy (non-hydrogen) atoms. The molecule has 0 atom stereocenters. The van der Waals surface area contributed by atoms with Crippen LogP contribution in [0.2, 0.25) is 0 Å². The number of nitrogens with zero attached hydrogens (tertiary/aromatic N) is 8. The number of aromatic nitrogens is 8. The summed E-state index contributed by atoms with van der Waals surface area (Å²) in [5, 5.41) is 0. The van der Waals surface area contributed by atoms with Gasteiger partial charge in [0, 0.05) is 6.42 Å². The minimum atomic E-state index is 0.836. The number of hydrogen-bond donors (Lipinski definition) is 0. The van der Waals surface area contributed by atoms with Crippen LogP contribution in [0.15, 0.2) is 74.9 Å². The molecule has 0 aliphatic carbocycles. The summed E-state index contributed by atoms with van der Waals surface area (Å²) >= 11 is 0. The third kappa shape index (κ3) is 4.52. The molecule has 0 bridgehead atoms. The molecule has 0 saturated heterocycles. The molecule has 8 nitrogen and oxygen atoms in total. The molecular formula is C19H28N8+4. The average Bonchev–Trinajstić information content (AvgIpc) is 3.41. The van der Waals surface area contributed by atoms with E-state index in [-0.39, 0.29) is 0 Å². The summed E-state index contributed by atoms with van der Waals surface area (Å²) in [6.07, 6.45) is 26.4. The van der Waals surface area contributed by atoms with Crippen LogP contribution in [0, 0.1) is 0 Å². The Morgan fingerprint density at radius 1 is 0.556 bits per heavy atom. The van der Waals surface area contributed by atoms with Crippen molar-refractivity contribution in [3.63, 3.8) is 0 Å². The molecule has 140 valence electrons. The maximum Gasteiger partial charge on any atom is 0.246 e. The highest BCUT2D eigenvalue weighted by molar-refractivity contribution is 4.70. The van der Waals surface area contributed by atoms with Gasteiger partial charge in [0.25, 0.3) is 0 Å². The van der Waals surface area contributed by atoms with Gasteiger partial charge in [-0.25, -0.2) is 18.3 Å². The minimum Gasteiger partial charge on any atom is -0.239 e. The van der Waals surface area contributed by atoms with Crippen molar-refractivity contribution >= 4 is 0 Å². The molecule has 4 aromatic heterocycles. The molecule has 0 saturated carbocycles. The lowest BCUT2D eigenvalue weighted by Crippen LogP contribution is -2.36. The predicted octanol–water partition coefficient (Wildman–Crippen LogP) is -0.781. The molecule has 0 spiro atoms. The van der Waals surface area contributed by atoms with Crippen molar-refractivity contribution in [1.29, 1.82) is 0 Å². The van der Waals surface area contributed by atoms with Gasteiger partial charge in [-0.15, -0.1) is 0 Å². The maximum atomic E-state index is 2.25. The van der Waals surface area contributed by atoms with Crippen molar-refractivity contribution in [2.75, 3.05) is 0 Å². The Balaban J connectivity index is 1.25. The van der Waals surface area contributed by atoms with Gasteiger partial charge in [0.05, 0.1) is 27.2 Å². The van der Waals surface area contributed by atoms with Crippen LogP contribution in [0.3, 0.4) is 0 Å². The van der Waals surface area contributed by atoms with Gasteiger partial charge in [0.1, 0.15) is 49.6 Å². The van der Waals surface area contributed by atoms with Gasteiger partial charge in [0.2, 0.25) is 38.6 Å². The largest absolute Gasteiger partial charge is 0.246 e. The molecule has 0 aliphatic heterocycles. The minimum absolute atomic E-state index is 0.836. The van der Waals surface area contributed by atoms with Crippen molar-refractivity contribution in [3.05, 3.63) is 74.9 Å². The van der Waals surface area contributed by atoms with Crippen LogP contribution in [-0.2, 0) is 40.5 Å². The third-order valence-corrected chi connectivity index (χ3v) is 4.63. The number of aryl methyl sites for hydroxylation is 4. The molecule has 0 N–H and O–H groups in total. The normalized spacial score (nSPS) is 11.3. The summed E-state index contributed by atoms with van der Waals surface area (Å²) in [5.41, 5.74) is 0. The molecule has 0 fully saturated rings. The molecular weight excluding hydrogens is 340 g/mol. The Labute approximate surface area is 159 Å². The molecule has 8 heteroatoms. The SMILES string of the molecule is C[n+]1ccn(C[n+]2ccn(CCCn3cc[n+](Cn4cc[n+](C)c4)c3)c2)c1. The van der Waals surface area contributed by atoms with Crippen molar-refractivity contribution in [1.82, 2.24) is 18.3 Å². The van der Waals surface area contributed by atoms with E-state index in [0.29, 0.717) is 0 Å². The number of rotatable bonds is 8. The molecule has 0 amide bonds. The highest BCUT2D eigenvalue weighted by atomic mass is 15.2. The molecule has 0 aromatic carbocycles. The number of imidazole rings is 4. The van der Waals surface area contributed by atoms with Gasteiger partial charge >= 0.3 is 0 Å². The molecule has 4 heterocycles. The second kappa shape index (κ2) is 7.61. The van der Waals surface area contributed by atoms with Crippen LogP contribution in [0.25, 0.3) is 0 Å². The first-order chi connectivity index (χ1) is 13.1. The van der Waals surface area contributed by atoms with E-state index in [1.54, 1.807) is 0 Å². The van der Waals surface area contributed by atoms with Crippen LogP contribution in [0.4, 0.5) is 0 Å². The second-order valence-corrected chi connectivity index (χ2v) is 7.15.